The molecule has 2 N–H and O–H groups in total. The molecule has 1 aliphatic rings. The van der Waals surface area contributed by atoms with Crippen molar-refractivity contribution in [3.63, 3.8) is 0 Å². The molecule has 1 fully saturated rings. The van der Waals surface area contributed by atoms with Crippen molar-refractivity contribution in [2.24, 2.45) is 4.99 Å². The van der Waals surface area contributed by atoms with Crippen LogP contribution in [-0.4, -0.2) is 50.3 Å². The number of hydrogen-bond donors (Lipinski definition) is 2. The predicted octanol–water partition coefficient (Wildman–Crippen LogP) is 3.15. The van der Waals surface area contributed by atoms with Crippen LogP contribution in [0.1, 0.15) is 50.7 Å². The highest BCUT2D eigenvalue weighted by Gasteiger charge is 2.10. The number of benzene rings is 1. The maximum Gasteiger partial charge on any atom is 0.191 e. The summed E-state index contributed by atoms with van der Waals surface area (Å²) in [5.41, 5.74) is 2.64. The van der Waals surface area contributed by atoms with Gasteiger partial charge in [-0.25, -0.2) is 0 Å². The molecule has 1 atom stereocenters. The predicted molar refractivity (Wildman–Crippen MR) is 109 cm³/mol. The molecule has 0 aromatic heterocycles. The first-order valence-corrected chi connectivity index (χ1v) is 10.1. The Morgan fingerprint density at radius 2 is 1.85 bits per heavy atom. The van der Waals surface area contributed by atoms with Gasteiger partial charge in [0.2, 0.25) is 0 Å². The molecule has 0 amide bonds. The van der Waals surface area contributed by atoms with E-state index in [9.17, 15) is 0 Å². The summed E-state index contributed by atoms with van der Waals surface area (Å²) in [6.07, 6.45) is 5.02. The molecule has 0 radical (unpaired) electrons. The van der Waals surface area contributed by atoms with Gasteiger partial charge in [-0.2, -0.15) is 0 Å². The molecule has 0 saturated carbocycles. The standard InChI is InChI=1S/C21H36N4O/c1-4-5-6-7-18(2)24-21(22-3)23-16-19-8-10-20(11-9-19)17-25-12-14-26-15-13-25/h8-11,18H,4-7,12-17H2,1-3H3,(H2,22,23,24). The van der Waals surface area contributed by atoms with Crippen LogP contribution in [0, 0.1) is 0 Å². The van der Waals surface area contributed by atoms with Crippen molar-refractivity contribution in [1.29, 1.82) is 0 Å². The molecule has 146 valence electrons. The van der Waals surface area contributed by atoms with Crippen molar-refractivity contribution in [3.8, 4) is 0 Å². The van der Waals surface area contributed by atoms with E-state index >= 15 is 0 Å². The van der Waals surface area contributed by atoms with Gasteiger partial charge in [0, 0.05) is 39.3 Å². The first-order valence-electron chi connectivity index (χ1n) is 10.1. The van der Waals surface area contributed by atoms with Gasteiger partial charge in [0.25, 0.3) is 0 Å². The Hall–Kier alpha value is -1.59. The summed E-state index contributed by atoms with van der Waals surface area (Å²) in [6, 6.07) is 9.33. The number of nitrogens with one attached hydrogen (secondary N) is 2. The molecule has 26 heavy (non-hydrogen) atoms. The molecule has 2 rings (SSSR count). The minimum Gasteiger partial charge on any atom is -0.379 e. The van der Waals surface area contributed by atoms with Gasteiger partial charge in [-0.3, -0.25) is 9.89 Å². The number of nitrogens with zero attached hydrogens (tertiary/aromatic N) is 2. The maximum atomic E-state index is 5.41. The van der Waals surface area contributed by atoms with Crippen LogP contribution in [0.5, 0.6) is 0 Å². The van der Waals surface area contributed by atoms with E-state index in [1.807, 2.05) is 7.05 Å². The monoisotopic (exact) mass is 360 g/mol. The van der Waals surface area contributed by atoms with Crippen molar-refractivity contribution in [2.45, 2.75) is 58.7 Å². The van der Waals surface area contributed by atoms with Gasteiger partial charge in [-0.05, 0) is 24.5 Å². The highest BCUT2D eigenvalue weighted by molar-refractivity contribution is 5.79. The maximum absolute atomic E-state index is 5.41. The van der Waals surface area contributed by atoms with Crippen LogP contribution in [0.2, 0.25) is 0 Å². The Kier molecular flexibility index (Phi) is 9.50. The Morgan fingerprint density at radius 1 is 1.15 bits per heavy atom. The third-order valence-electron chi connectivity index (χ3n) is 4.84. The second kappa shape index (κ2) is 11.9. The third-order valence-corrected chi connectivity index (χ3v) is 4.84. The van der Waals surface area contributed by atoms with Gasteiger partial charge in [-0.15, -0.1) is 0 Å². The van der Waals surface area contributed by atoms with Crippen molar-refractivity contribution < 1.29 is 4.74 Å². The van der Waals surface area contributed by atoms with Gasteiger partial charge in [-0.1, -0.05) is 50.5 Å². The number of morpholine rings is 1. The van der Waals surface area contributed by atoms with Gasteiger partial charge >= 0.3 is 0 Å². The fourth-order valence-electron chi connectivity index (χ4n) is 3.17. The van der Waals surface area contributed by atoms with E-state index in [1.54, 1.807) is 0 Å². The summed E-state index contributed by atoms with van der Waals surface area (Å²) < 4.78 is 5.41. The number of unbranched alkanes of at least 4 members (excludes halogenated alkanes) is 2. The molecule has 5 heteroatoms. The summed E-state index contributed by atoms with van der Waals surface area (Å²) in [7, 11) is 1.83. The van der Waals surface area contributed by atoms with Gasteiger partial charge in [0.05, 0.1) is 13.2 Å². The van der Waals surface area contributed by atoms with Gasteiger partial charge in [0.15, 0.2) is 5.96 Å². The lowest BCUT2D eigenvalue weighted by Crippen LogP contribution is -2.41. The van der Waals surface area contributed by atoms with E-state index in [1.165, 1.54) is 36.8 Å². The number of rotatable bonds is 9. The SMILES string of the molecule is CCCCCC(C)NC(=NC)NCc1ccc(CN2CCOCC2)cc1. The smallest absolute Gasteiger partial charge is 0.191 e. The lowest BCUT2D eigenvalue weighted by Gasteiger charge is -2.26. The topological polar surface area (TPSA) is 48.9 Å². The summed E-state index contributed by atoms with van der Waals surface area (Å²) in [5, 5.41) is 6.90. The summed E-state index contributed by atoms with van der Waals surface area (Å²) in [5.74, 6) is 0.881. The first kappa shape index (κ1) is 20.7. The normalized spacial score (nSPS) is 17.1. The van der Waals surface area contributed by atoms with Crippen molar-refractivity contribution >= 4 is 5.96 Å². The van der Waals surface area contributed by atoms with E-state index < -0.39 is 0 Å². The molecule has 0 spiro atoms. The summed E-state index contributed by atoms with van der Waals surface area (Å²) in [4.78, 5) is 6.79. The molecule has 1 saturated heterocycles. The molecular weight excluding hydrogens is 324 g/mol. The number of hydrogen-bond acceptors (Lipinski definition) is 3. The lowest BCUT2D eigenvalue weighted by molar-refractivity contribution is 0.0342. The summed E-state index contributed by atoms with van der Waals surface area (Å²) >= 11 is 0. The fraction of sp³-hybridized carbons (Fsp3) is 0.667. The molecule has 1 heterocycles. The largest absolute Gasteiger partial charge is 0.379 e. The average molecular weight is 361 g/mol. The molecular formula is C21H36N4O. The summed E-state index contributed by atoms with van der Waals surface area (Å²) in [6.45, 7) is 10.0. The van der Waals surface area contributed by atoms with Gasteiger partial charge in [0.1, 0.15) is 0 Å². The van der Waals surface area contributed by atoms with Crippen LogP contribution in [0.4, 0.5) is 0 Å². The van der Waals surface area contributed by atoms with Crippen molar-refractivity contribution in [2.75, 3.05) is 33.4 Å². The molecule has 0 bridgehead atoms. The Balaban J connectivity index is 1.73. The second-order valence-corrected chi connectivity index (χ2v) is 7.17. The highest BCUT2D eigenvalue weighted by atomic mass is 16.5. The fourth-order valence-corrected chi connectivity index (χ4v) is 3.17. The Bertz CT molecular complexity index is 523. The van der Waals surface area contributed by atoms with Gasteiger partial charge < -0.3 is 15.4 Å². The van der Waals surface area contributed by atoms with Crippen molar-refractivity contribution in [1.82, 2.24) is 15.5 Å². The molecule has 1 aliphatic heterocycles. The molecule has 5 nitrogen and oxygen atoms in total. The zero-order valence-corrected chi connectivity index (χ0v) is 16.8. The molecule has 0 aliphatic carbocycles. The molecule has 1 aromatic carbocycles. The minimum absolute atomic E-state index is 0.448. The van der Waals surface area contributed by atoms with E-state index in [0.29, 0.717) is 6.04 Å². The average Bonchev–Trinajstić information content (AvgIpc) is 2.67. The molecule has 1 unspecified atom stereocenters. The quantitative estimate of drug-likeness (QED) is 0.403. The number of aliphatic imine (C=N–C) groups is 1. The molecule has 1 aromatic rings. The highest BCUT2D eigenvalue weighted by Crippen LogP contribution is 2.09. The van der Waals surface area contributed by atoms with E-state index in [-0.39, 0.29) is 0 Å². The zero-order chi connectivity index (χ0) is 18.6. The van der Waals surface area contributed by atoms with Crippen molar-refractivity contribution in [3.05, 3.63) is 35.4 Å². The van der Waals surface area contributed by atoms with Crippen LogP contribution >= 0.6 is 0 Å². The van der Waals surface area contributed by atoms with Crippen LogP contribution in [0.3, 0.4) is 0 Å². The first-order chi connectivity index (χ1) is 12.7. The Morgan fingerprint density at radius 3 is 2.50 bits per heavy atom. The minimum atomic E-state index is 0.448. The zero-order valence-electron chi connectivity index (χ0n) is 16.8. The van der Waals surface area contributed by atoms with Crippen LogP contribution in [0.15, 0.2) is 29.3 Å². The lowest BCUT2D eigenvalue weighted by atomic mass is 10.1. The van der Waals surface area contributed by atoms with Crippen LogP contribution in [-0.2, 0) is 17.8 Å². The second-order valence-electron chi connectivity index (χ2n) is 7.17. The third kappa shape index (κ3) is 7.75. The number of ether oxygens (including phenoxy) is 1. The van der Waals surface area contributed by atoms with Crippen LogP contribution in [0.25, 0.3) is 0 Å². The number of guanidine groups is 1. The van der Waals surface area contributed by atoms with Crippen LogP contribution < -0.4 is 10.6 Å². The van der Waals surface area contributed by atoms with E-state index in [0.717, 1.165) is 45.4 Å². The Labute approximate surface area is 159 Å². The van der Waals surface area contributed by atoms with E-state index in [2.05, 4.69) is 58.6 Å². The van der Waals surface area contributed by atoms with E-state index in [4.69, 9.17) is 4.74 Å².